The lowest BCUT2D eigenvalue weighted by atomic mass is 10.2. The summed E-state index contributed by atoms with van der Waals surface area (Å²) in [5, 5.41) is 2.75. The molecule has 0 bridgehead atoms. The summed E-state index contributed by atoms with van der Waals surface area (Å²) >= 11 is 0. The minimum Gasteiger partial charge on any atom is -0.494 e. The number of aldehydes is 1. The third-order valence-corrected chi connectivity index (χ3v) is 3.20. The lowest BCUT2D eigenvalue weighted by molar-refractivity contribution is -0.118. The van der Waals surface area contributed by atoms with Gasteiger partial charge in [-0.2, -0.15) is 0 Å². The van der Waals surface area contributed by atoms with E-state index in [-0.39, 0.29) is 12.5 Å². The van der Waals surface area contributed by atoms with Gasteiger partial charge in [0.1, 0.15) is 23.5 Å². The molecule has 0 atom stereocenters. The third-order valence-electron chi connectivity index (χ3n) is 3.20. The predicted molar refractivity (Wildman–Crippen MR) is 94.7 cm³/mol. The number of carbonyl (C=O) groups excluding carboxylic acids is 2. The third kappa shape index (κ3) is 5.53. The zero-order valence-electron chi connectivity index (χ0n) is 14.3. The highest BCUT2D eigenvalue weighted by atomic mass is 16.5. The SMILES string of the molecule is CCOc1ccc(OCC)c(NC(=O)COc2cccc(C=O)c2)c1. The van der Waals surface area contributed by atoms with Gasteiger partial charge >= 0.3 is 0 Å². The molecule has 0 saturated carbocycles. The molecule has 0 aliphatic heterocycles. The zero-order chi connectivity index (χ0) is 18.1. The fourth-order valence-corrected chi connectivity index (χ4v) is 2.16. The van der Waals surface area contributed by atoms with Gasteiger partial charge in [-0.05, 0) is 38.1 Å². The van der Waals surface area contributed by atoms with E-state index in [1.165, 1.54) is 0 Å². The molecule has 132 valence electrons. The number of hydrogen-bond acceptors (Lipinski definition) is 5. The van der Waals surface area contributed by atoms with Crippen LogP contribution in [0.5, 0.6) is 17.2 Å². The Morgan fingerprint density at radius 1 is 1.00 bits per heavy atom. The first-order valence-corrected chi connectivity index (χ1v) is 8.03. The molecule has 2 aromatic carbocycles. The Morgan fingerprint density at radius 2 is 1.76 bits per heavy atom. The van der Waals surface area contributed by atoms with Crippen LogP contribution in [0.3, 0.4) is 0 Å². The normalized spacial score (nSPS) is 10.0. The second-order valence-corrected chi connectivity index (χ2v) is 5.05. The van der Waals surface area contributed by atoms with Crippen molar-refractivity contribution in [3.8, 4) is 17.2 Å². The Balaban J connectivity index is 2.02. The number of ether oxygens (including phenoxy) is 3. The van der Waals surface area contributed by atoms with Crippen LogP contribution in [0.2, 0.25) is 0 Å². The van der Waals surface area contributed by atoms with Crippen molar-refractivity contribution in [2.45, 2.75) is 13.8 Å². The van der Waals surface area contributed by atoms with Crippen LogP contribution in [0.4, 0.5) is 5.69 Å². The number of benzene rings is 2. The molecule has 0 unspecified atom stereocenters. The van der Waals surface area contributed by atoms with E-state index in [0.717, 1.165) is 6.29 Å². The quantitative estimate of drug-likeness (QED) is 0.707. The largest absolute Gasteiger partial charge is 0.494 e. The topological polar surface area (TPSA) is 73.9 Å². The number of hydrogen-bond donors (Lipinski definition) is 1. The molecule has 0 aromatic heterocycles. The molecule has 25 heavy (non-hydrogen) atoms. The first-order valence-electron chi connectivity index (χ1n) is 8.03. The molecule has 6 heteroatoms. The van der Waals surface area contributed by atoms with Crippen LogP contribution < -0.4 is 19.5 Å². The Morgan fingerprint density at radius 3 is 2.48 bits per heavy atom. The van der Waals surface area contributed by atoms with E-state index >= 15 is 0 Å². The van der Waals surface area contributed by atoms with Gasteiger partial charge in [0.15, 0.2) is 6.61 Å². The van der Waals surface area contributed by atoms with Crippen molar-refractivity contribution in [1.29, 1.82) is 0 Å². The van der Waals surface area contributed by atoms with Gasteiger partial charge in [-0.15, -0.1) is 0 Å². The number of anilines is 1. The van der Waals surface area contributed by atoms with Gasteiger partial charge in [0.2, 0.25) is 0 Å². The van der Waals surface area contributed by atoms with E-state index in [4.69, 9.17) is 14.2 Å². The molecule has 0 heterocycles. The van der Waals surface area contributed by atoms with Crippen LogP contribution >= 0.6 is 0 Å². The lowest BCUT2D eigenvalue weighted by Gasteiger charge is -2.14. The van der Waals surface area contributed by atoms with Gasteiger partial charge in [-0.3, -0.25) is 9.59 Å². The van der Waals surface area contributed by atoms with E-state index in [0.29, 0.717) is 41.7 Å². The molecule has 0 fully saturated rings. The van der Waals surface area contributed by atoms with Crippen molar-refractivity contribution in [2.75, 3.05) is 25.1 Å². The van der Waals surface area contributed by atoms with Crippen LogP contribution in [0.15, 0.2) is 42.5 Å². The molecule has 0 spiro atoms. The van der Waals surface area contributed by atoms with E-state index in [1.54, 1.807) is 42.5 Å². The van der Waals surface area contributed by atoms with Gasteiger partial charge in [0.25, 0.3) is 5.91 Å². The summed E-state index contributed by atoms with van der Waals surface area (Å²) in [4.78, 5) is 22.9. The van der Waals surface area contributed by atoms with Crippen LogP contribution in [0, 0.1) is 0 Å². The molecule has 1 amide bonds. The minimum atomic E-state index is -0.342. The molecular formula is C19H21NO5. The van der Waals surface area contributed by atoms with Crippen molar-refractivity contribution in [3.05, 3.63) is 48.0 Å². The fourth-order valence-electron chi connectivity index (χ4n) is 2.16. The van der Waals surface area contributed by atoms with Gasteiger partial charge < -0.3 is 19.5 Å². The molecule has 2 rings (SSSR count). The molecule has 0 aliphatic rings. The summed E-state index contributed by atoms with van der Waals surface area (Å²) < 4.78 is 16.4. The molecule has 2 aromatic rings. The highest BCUT2D eigenvalue weighted by Gasteiger charge is 2.10. The van der Waals surface area contributed by atoms with Crippen LogP contribution in [-0.4, -0.2) is 32.0 Å². The first kappa shape index (κ1) is 18.3. The van der Waals surface area contributed by atoms with E-state index in [9.17, 15) is 9.59 Å². The van der Waals surface area contributed by atoms with E-state index < -0.39 is 0 Å². The summed E-state index contributed by atoms with van der Waals surface area (Å²) in [5.41, 5.74) is 1.00. The van der Waals surface area contributed by atoms with Gasteiger partial charge in [0.05, 0.1) is 18.9 Å². The maximum atomic E-state index is 12.2. The number of amides is 1. The van der Waals surface area contributed by atoms with E-state index in [2.05, 4.69) is 5.32 Å². The monoisotopic (exact) mass is 343 g/mol. The van der Waals surface area contributed by atoms with Crippen molar-refractivity contribution in [2.24, 2.45) is 0 Å². The summed E-state index contributed by atoms with van der Waals surface area (Å²) in [6, 6.07) is 11.8. The maximum absolute atomic E-state index is 12.2. The van der Waals surface area contributed by atoms with Gasteiger partial charge in [-0.25, -0.2) is 0 Å². The predicted octanol–water partition coefficient (Wildman–Crippen LogP) is 3.31. The highest BCUT2D eigenvalue weighted by molar-refractivity contribution is 5.93. The van der Waals surface area contributed by atoms with Gasteiger partial charge in [-0.1, -0.05) is 12.1 Å². The molecule has 0 saturated heterocycles. The Hall–Kier alpha value is -3.02. The molecule has 0 aliphatic carbocycles. The first-order chi connectivity index (χ1) is 12.2. The molecule has 6 nitrogen and oxygen atoms in total. The van der Waals surface area contributed by atoms with Crippen molar-refractivity contribution in [1.82, 2.24) is 0 Å². The second kappa shape index (κ2) is 9.32. The summed E-state index contributed by atoms with van der Waals surface area (Å²) in [5.74, 6) is 1.31. The Bertz CT molecular complexity index is 730. The van der Waals surface area contributed by atoms with Crippen LogP contribution in [0.1, 0.15) is 24.2 Å². The van der Waals surface area contributed by atoms with Crippen molar-refractivity contribution < 1.29 is 23.8 Å². The minimum absolute atomic E-state index is 0.188. The zero-order valence-corrected chi connectivity index (χ0v) is 14.3. The van der Waals surface area contributed by atoms with Crippen molar-refractivity contribution in [3.63, 3.8) is 0 Å². The highest BCUT2D eigenvalue weighted by Crippen LogP contribution is 2.29. The van der Waals surface area contributed by atoms with Gasteiger partial charge in [0, 0.05) is 11.6 Å². The number of carbonyl (C=O) groups is 2. The lowest BCUT2D eigenvalue weighted by Crippen LogP contribution is -2.20. The van der Waals surface area contributed by atoms with Crippen molar-refractivity contribution >= 4 is 17.9 Å². The molecule has 1 N–H and O–H groups in total. The fraction of sp³-hybridized carbons (Fsp3) is 0.263. The standard InChI is InChI=1S/C19H21NO5/c1-3-23-16-8-9-18(24-4-2)17(11-16)20-19(22)13-25-15-7-5-6-14(10-15)12-21/h5-12H,3-4,13H2,1-2H3,(H,20,22). The van der Waals surface area contributed by atoms with Crippen LogP contribution in [-0.2, 0) is 4.79 Å². The Kier molecular flexibility index (Phi) is 6.83. The average Bonchev–Trinajstić information content (AvgIpc) is 2.63. The molecular weight excluding hydrogens is 322 g/mol. The second-order valence-electron chi connectivity index (χ2n) is 5.05. The van der Waals surface area contributed by atoms with E-state index in [1.807, 2.05) is 13.8 Å². The smallest absolute Gasteiger partial charge is 0.262 e. The summed E-state index contributed by atoms with van der Waals surface area (Å²) in [7, 11) is 0. The summed E-state index contributed by atoms with van der Waals surface area (Å²) in [6.07, 6.45) is 0.723. The number of rotatable bonds is 9. The van der Waals surface area contributed by atoms with Crippen LogP contribution in [0.25, 0.3) is 0 Å². The average molecular weight is 343 g/mol. The maximum Gasteiger partial charge on any atom is 0.262 e. The Labute approximate surface area is 146 Å². The number of nitrogens with one attached hydrogen (secondary N) is 1. The molecule has 0 radical (unpaired) electrons. The summed E-state index contributed by atoms with van der Waals surface area (Å²) in [6.45, 7) is 4.57.